The second-order valence-electron chi connectivity index (χ2n) is 3.32. The van der Waals surface area contributed by atoms with Crippen molar-refractivity contribution in [2.75, 3.05) is 6.61 Å². The highest BCUT2D eigenvalue weighted by Gasteiger charge is 2.20. The summed E-state index contributed by atoms with van der Waals surface area (Å²) in [4.78, 5) is 22.3. The van der Waals surface area contributed by atoms with Crippen molar-refractivity contribution >= 4 is 23.5 Å². The van der Waals surface area contributed by atoms with E-state index in [4.69, 9.17) is 16.3 Å². The Morgan fingerprint density at radius 3 is 2.35 bits per heavy atom. The van der Waals surface area contributed by atoms with Crippen molar-refractivity contribution < 1.29 is 19.1 Å². The van der Waals surface area contributed by atoms with Crippen LogP contribution in [-0.2, 0) is 19.1 Å². The molecule has 0 N–H and O–H groups in total. The van der Waals surface area contributed by atoms with E-state index >= 15 is 0 Å². The average Bonchev–Trinajstić information content (AvgIpc) is 2.30. The van der Waals surface area contributed by atoms with Crippen LogP contribution in [0.5, 0.6) is 0 Å². The maximum atomic E-state index is 11.3. The quantitative estimate of drug-likeness (QED) is 0.616. The van der Waals surface area contributed by atoms with E-state index in [9.17, 15) is 9.59 Å². The van der Waals surface area contributed by atoms with Crippen LogP contribution in [-0.4, -0.2) is 18.5 Å². The molecule has 17 heavy (non-hydrogen) atoms. The van der Waals surface area contributed by atoms with Crippen molar-refractivity contribution in [1.29, 1.82) is 0 Å². The predicted octanol–water partition coefficient (Wildman–Crippen LogP) is 2.51. The molecule has 0 fully saturated rings. The van der Waals surface area contributed by atoms with E-state index in [1.165, 1.54) is 0 Å². The zero-order valence-electron chi connectivity index (χ0n) is 9.60. The second-order valence-corrected chi connectivity index (χ2v) is 3.76. The monoisotopic (exact) mass is 256 g/mol. The molecule has 5 heteroatoms. The van der Waals surface area contributed by atoms with Gasteiger partial charge in [0, 0.05) is 5.02 Å². The van der Waals surface area contributed by atoms with Crippen molar-refractivity contribution in [2.45, 2.75) is 20.0 Å². The van der Waals surface area contributed by atoms with E-state index in [-0.39, 0.29) is 6.61 Å². The minimum Gasteiger partial charge on any atom is -0.458 e. The van der Waals surface area contributed by atoms with Gasteiger partial charge in [0.25, 0.3) is 0 Å². The third-order valence-corrected chi connectivity index (χ3v) is 2.32. The summed E-state index contributed by atoms with van der Waals surface area (Å²) in [5, 5.41) is 0.595. The lowest BCUT2D eigenvalue weighted by molar-refractivity contribution is -0.170. The smallest absolute Gasteiger partial charge is 0.418 e. The third-order valence-electron chi connectivity index (χ3n) is 2.07. The summed E-state index contributed by atoms with van der Waals surface area (Å²) in [5.74, 6) is -1.97. The zero-order chi connectivity index (χ0) is 12.8. The minimum atomic E-state index is -0.991. The number of halogens is 1. The maximum absolute atomic E-state index is 11.3. The summed E-state index contributed by atoms with van der Waals surface area (Å²) in [6.07, 6.45) is -0.524. The summed E-state index contributed by atoms with van der Waals surface area (Å²) >= 11 is 5.73. The van der Waals surface area contributed by atoms with Gasteiger partial charge in [-0.25, -0.2) is 9.59 Å². The minimum absolute atomic E-state index is 0.142. The predicted molar refractivity (Wildman–Crippen MR) is 62.6 cm³/mol. The van der Waals surface area contributed by atoms with E-state index in [1.54, 1.807) is 38.1 Å². The van der Waals surface area contributed by atoms with Crippen LogP contribution in [0.25, 0.3) is 0 Å². The van der Waals surface area contributed by atoms with E-state index in [2.05, 4.69) is 4.74 Å². The van der Waals surface area contributed by atoms with Crippen LogP contribution in [0.4, 0.5) is 0 Å². The Hall–Kier alpha value is -1.55. The van der Waals surface area contributed by atoms with Crippen LogP contribution in [0.1, 0.15) is 25.5 Å². The van der Waals surface area contributed by atoms with Gasteiger partial charge in [-0.1, -0.05) is 23.7 Å². The van der Waals surface area contributed by atoms with Crippen LogP contribution < -0.4 is 0 Å². The van der Waals surface area contributed by atoms with Crippen molar-refractivity contribution in [3.63, 3.8) is 0 Å². The zero-order valence-corrected chi connectivity index (χ0v) is 10.4. The Kier molecular flexibility index (Phi) is 4.97. The van der Waals surface area contributed by atoms with Gasteiger partial charge in [-0.05, 0) is 31.5 Å². The molecule has 1 rings (SSSR count). The fourth-order valence-corrected chi connectivity index (χ4v) is 1.33. The molecule has 0 aliphatic carbocycles. The molecule has 0 radical (unpaired) electrons. The Balaban J connectivity index is 2.60. The van der Waals surface area contributed by atoms with Gasteiger partial charge < -0.3 is 9.47 Å². The largest absolute Gasteiger partial charge is 0.458 e. The standard InChI is InChI=1S/C12H13ClO4/c1-3-16-11(14)12(15)17-8(2)9-4-6-10(13)7-5-9/h4-8H,3H2,1-2H3. The van der Waals surface area contributed by atoms with Gasteiger partial charge in [0.15, 0.2) is 0 Å². The lowest BCUT2D eigenvalue weighted by Crippen LogP contribution is -2.21. The Bertz CT molecular complexity index is 399. The number of rotatable bonds is 3. The molecule has 1 aromatic carbocycles. The fourth-order valence-electron chi connectivity index (χ4n) is 1.20. The second kappa shape index (κ2) is 6.25. The number of hydrogen-bond acceptors (Lipinski definition) is 4. The topological polar surface area (TPSA) is 52.6 Å². The molecule has 0 aliphatic rings. The molecule has 0 amide bonds. The van der Waals surface area contributed by atoms with Gasteiger partial charge in [-0.2, -0.15) is 0 Å². The molecule has 0 aromatic heterocycles. The molecule has 0 aliphatic heterocycles. The molecule has 1 aromatic rings. The maximum Gasteiger partial charge on any atom is 0.418 e. The summed E-state index contributed by atoms with van der Waals surface area (Å²) in [6.45, 7) is 3.43. The van der Waals surface area contributed by atoms with Gasteiger partial charge in [0.1, 0.15) is 6.10 Å². The molecule has 92 valence electrons. The highest BCUT2D eigenvalue weighted by atomic mass is 35.5. The SMILES string of the molecule is CCOC(=O)C(=O)OC(C)c1ccc(Cl)cc1. The van der Waals surface area contributed by atoms with Crippen molar-refractivity contribution in [3.8, 4) is 0 Å². The molecule has 0 bridgehead atoms. The van der Waals surface area contributed by atoms with E-state index in [0.717, 1.165) is 5.56 Å². The van der Waals surface area contributed by atoms with Crippen molar-refractivity contribution in [2.24, 2.45) is 0 Å². The summed E-state index contributed by atoms with van der Waals surface area (Å²) in [5.41, 5.74) is 0.757. The molecule has 0 spiro atoms. The first kappa shape index (κ1) is 13.5. The molecule has 0 heterocycles. The third kappa shape index (κ3) is 4.07. The van der Waals surface area contributed by atoms with E-state index in [0.29, 0.717) is 5.02 Å². The van der Waals surface area contributed by atoms with Crippen molar-refractivity contribution in [3.05, 3.63) is 34.9 Å². The van der Waals surface area contributed by atoms with Gasteiger partial charge in [-0.15, -0.1) is 0 Å². The molecule has 1 atom stereocenters. The highest BCUT2D eigenvalue weighted by molar-refractivity contribution is 6.30. The highest BCUT2D eigenvalue weighted by Crippen LogP contribution is 2.19. The molecule has 4 nitrogen and oxygen atoms in total. The van der Waals surface area contributed by atoms with Gasteiger partial charge >= 0.3 is 11.9 Å². The van der Waals surface area contributed by atoms with Crippen LogP contribution in [0, 0.1) is 0 Å². The lowest BCUT2D eigenvalue weighted by Gasteiger charge is -2.12. The first-order chi connectivity index (χ1) is 8.04. The molecule has 0 saturated heterocycles. The normalized spacial score (nSPS) is 11.7. The van der Waals surface area contributed by atoms with Crippen LogP contribution >= 0.6 is 11.6 Å². The Morgan fingerprint density at radius 1 is 1.24 bits per heavy atom. The Morgan fingerprint density at radius 2 is 1.82 bits per heavy atom. The van der Waals surface area contributed by atoms with Gasteiger partial charge in [0.2, 0.25) is 0 Å². The number of benzene rings is 1. The number of carbonyl (C=O) groups is 2. The van der Waals surface area contributed by atoms with Crippen molar-refractivity contribution in [1.82, 2.24) is 0 Å². The van der Waals surface area contributed by atoms with E-state index in [1.807, 2.05) is 0 Å². The van der Waals surface area contributed by atoms with Gasteiger partial charge in [-0.3, -0.25) is 0 Å². The Labute approximate surface area is 104 Å². The molecular weight excluding hydrogens is 244 g/mol. The number of carbonyl (C=O) groups excluding carboxylic acids is 2. The summed E-state index contributed by atoms with van der Waals surface area (Å²) < 4.78 is 9.46. The first-order valence-corrected chi connectivity index (χ1v) is 5.55. The number of esters is 2. The number of hydrogen-bond donors (Lipinski definition) is 0. The van der Waals surface area contributed by atoms with E-state index < -0.39 is 18.0 Å². The molecular formula is C12H13ClO4. The van der Waals surface area contributed by atoms with Gasteiger partial charge in [0.05, 0.1) is 6.61 Å². The lowest BCUT2D eigenvalue weighted by atomic mass is 10.1. The summed E-state index contributed by atoms with van der Waals surface area (Å²) in [7, 11) is 0. The fraction of sp³-hybridized carbons (Fsp3) is 0.333. The van der Waals surface area contributed by atoms with Crippen LogP contribution in [0.3, 0.4) is 0 Å². The first-order valence-electron chi connectivity index (χ1n) is 5.17. The number of ether oxygens (including phenoxy) is 2. The molecule has 0 saturated carbocycles. The summed E-state index contributed by atoms with van der Waals surface area (Å²) in [6, 6.07) is 6.83. The van der Waals surface area contributed by atoms with Crippen LogP contribution in [0.2, 0.25) is 5.02 Å². The average molecular weight is 257 g/mol. The molecule has 1 unspecified atom stereocenters. The van der Waals surface area contributed by atoms with Crippen LogP contribution in [0.15, 0.2) is 24.3 Å².